The smallest absolute Gasteiger partial charge is 0.326 e. The number of esters is 1. The van der Waals surface area contributed by atoms with E-state index in [1.807, 2.05) is 0 Å². The first-order valence-corrected chi connectivity index (χ1v) is 12.4. The van der Waals surface area contributed by atoms with Gasteiger partial charge in [0.1, 0.15) is 12.1 Å². The van der Waals surface area contributed by atoms with Crippen LogP contribution in [0.25, 0.3) is 0 Å². The summed E-state index contributed by atoms with van der Waals surface area (Å²) in [6.07, 6.45) is 11.8. The number of nitrogens with zero attached hydrogens (tertiary/aromatic N) is 1. The van der Waals surface area contributed by atoms with Crippen molar-refractivity contribution in [3.63, 3.8) is 0 Å². The molecule has 7 heteroatoms. The monoisotopic (exact) mass is 436 g/mol. The van der Waals surface area contributed by atoms with Crippen LogP contribution in [-0.4, -0.2) is 59.1 Å². The molecule has 1 heterocycles. The Morgan fingerprint density at radius 3 is 2.42 bits per heavy atom. The van der Waals surface area contributed by atoms with E-state index in [1.54, 1.807) is 18.7 Å². The number of carbonyl (C=O) groups excluding carboxylic acids is 2. The summed E-state index contributed by atoms with van der Waals surface area (Å²) in [6.45, 7) is 4.35. The fourth-order valence-corrected chi connectivity index (χ4v) is 6.03. The van der Waals surface area contributed by atoms with Crippen LogP contribution in [0, 0.1) is 17.8 Å². The maximum atomic E-state index is 13.3. The molecular weight excluding hydrogens is 396 g/mol. The van der Waals surface area contributed by atoms with Gasteiger partial charge in [0, 0.05) is 6.54 Å². The summed E-state index contributed by atoms with van der Waals surface area (Å²) < 4.78 is 5.27. The topological polar surface area (TPSA) is 95.9 Å². The van der Waals surface area contributed by atoms with Gasteiger partial charge in [-0.2, -0.15) is 0 Å². The highest BCUT2D eigenvalue weighted by molar-refractivity contribution is 5.88. The summed E-state index contributed by atoms with van der Waals surface area (Å²) in [4.78, 5) is 39.4. The molecule has 31 heavy (non-hydrogen) atoms. The molecule has 2 aliphatic carbocycles. The van der Waals surface area contributed by atoms with Crippen molar-refractivity contribution in [3.05, 3.63) is 0 Å². The number of nitrogens with one attached hydrogen (secondary N) is 1. The van der Waals surface area contributed by atoms with E-state index in [0.29, 0.717) is 25.5 Å². The van der Waals surface area contributed by atoms with Crippen molar-refractivity contribution in [1.29, 1.82) is 0 Å². The zero-order valence-corrected chi connectivity index (χ0v) is 19.2. The van der Waals surface area contributed by atoms with Crippen LogP contribution in [0.2, 0.25) is 0 Å². The van der Waals surface area contributed by atoms with Crippen molar-refractivity contribution in [1.82, 2.24) is 10.2 Å². The van der Waals surface area contributed by atoms with Crippen molar-refractivity contribution in [2.45, 2.75) is 103 Å². The molecule has 3 rings (SSSR count). The van der Waals surface area contributed by atoms with Crippen LogP contribution in [0.5, 0.6) is 0 Å². The number of fused-ring (bicyclic) bond motifs is 1. The Morgan fingerprint density at radius 1 is 1.06 bits per heavy atom. The van der Waals surface area contributed by atoms with E-state index in [0.717, 1.165) is 32.1 Å². The van der Waals surface area contributed by atoms with Gasteiger partial charge in [-0.25, -0.2) is 4.79 Å². The molecule has 0 aromatic carbocycles. The van der Waals surface area contributed by atoms with Crippen molar-refractivity contribution in [2.75, 3.05) is 13.2 Å². The fraction of sp³-hybridized carbons (Fsp3) is 0.875. The molecule has 1 saturated heterocycles. The van der Waals surface area contributed by atoms with Crippen LogP contribution in [-0.2, 0) is 19.1 Å². The van der Waals surface area contributed by atoms with Crippen LogP contribution in [0.1, 0.15) is 84.5 Å². The van der Waals surface area contributed by atoms with Gasteiger partial charge in [-0.3, -0.25) is 14.9 Å². The first-order chi connectivity index (χ1) is 14.9. The van der Waals surface area contributed by atoms with Gasteiger partial charge in [-0.1, -0.05) is 44.9 Å². The molecule has 7 nitrogen and oxygen atoms in total. The Bertz CT molecular complexity index is 633. The molecule has 5 atom stereocenters. The molecule has 0 bridgehead atoms. The summed E-state index contributed by atoms with van der Waals surface area (Å²) in [6, 6.07) is -1.90. The van der Waals surface area contributed by atoms with Crippen LogP contribution < -0.4 is 5.32 Å². The number of amides is 1. The highest BCUT2D eigenvalue weighted by Crippen LogP contribution is 2.40. The number of hydrogen-bond donors (Lipinski definition) is 2. The van der Waals surface area contributed by atoms with Crippen LogP contribution in [0.4, 0.5) is 0 Å². The summed E-state index contributed by atoms with van der Waals surface area (Å²) in [7, 11) is 0. The summed E-state index contributed by atoms with van der Waals surface area (Å²) >= 11 is 0. The van der Waals surface area contributed by atoms with E-state index in [9.17, 15) is 19.5 Å². The highest BCUT2D eigenvalue weighted by Gasteiger charge is 2.49. The Hall–Kier alpha value is -1.63. The lowest BCUT2D eigenvalue weighted by atomic mass is 9.78. The van der Waals surface area contributed by atoms with Crippen molar-refractivity contribution in [2.24, 2.45) is 17.8 Å². The molecule has 2 saturated carbocycles. The van der Waals surface area contributed by atoms with Crippen molar-refractivity contribution >= 4 is 17.8 Å². The predicted octanol–water partition coefficient (Wildman–Crippen LogP) is 3.36. The molecule has 0 radical (unpaired) electrons. The first kappa shape index (κ1) is 24.0. The third kappa shape index (κ3) is 5.99. The van der Waals surface area contributed by atoms with E-state index in [1.165, 1.54) is 32.1 Å². The average Bonchev–Trinajstić information content (AvgIpc) is 3.16. The maximum absolute atomic E-state index is 13.3. The van der Waals surface area contributed by atoms with Crippen LogP contribution >= 0.6 is 0 Å². The normalized spacial score (nSPS) is 28.6. The standard InChI is InChI=1S/C24H40N2O5/c1-3-31-24(30)20(14-13-17-9-5-4-6-10-17)25-16(2)22(27)26-15-18-11-7-8-12-19(18)21(26)23(28)29/h16-21,25H,3-15H2,1-2H3,(H,28,29)/t16-,18?,19?,20?,21?/m0/s1. The lowest BCUT2D eigenvalue weighted by molar-refractivity contribution is -0.151. The van der Waals surface area contributed by atoms with Gasteiger partial charge in [0.15, 0.2) is 0 Å². The van der Waals surface area contributed by atoms with E-state index in [2.05, 4.69) is 5.32 Å². The van der Waals surface area contributed by atoms with Gasteiger partial charge in [0.05, 0.1) is 12.6 Å². The van der Waals surface area contributed by atoms with Crippen molar-refractivity contribution in [3.8, 4) is 0 Å². The van der Waals surface area contributed by atoms with Crippen LogP contribution in [0.3, 0.4) is 0 Å². The lowest BCUT2D eigenvalue weighted by Crippen LogP contribution is -2.54. The number of aliphatic carboxylic acids is 1. The minimum absolute atomic E-state index is 0.0505. The van der Waals surface area contributed by atoms with Crippen molar-refractivity contribution < 1.29 is 24.2 Å². The fourth-order valence-electron chi connectivity index (χ4n) is 6.03. The molecule has 0 spiro atoms. The molecule has 1 aliphatic heterocycles. The molecule has 0 aromatic heterocycles. The second kappa shape index (κ2) is 11.3. The van der Waals surface area contributed by atoms with E-state index in [4.69, 9.17) is 4.74 Å². The number of carboxylic acid groups (broad SMARTS) is 1. The third-order valence-electron chi connectivity index (χ3n) is 7.66. The number of ether oxygens (including phenoxy) is 1. The van der Waals surface area contributed by atoms with Crippen LogP contribution in [0.15, 0.2) is 0 Å². The number of likely N-dealkylation sites (tertiary alicyclic amines) is 1. The summed E-state index contributed by atoms with van der Waals surface area (Å²) in [5.41, 5.74) is 0. The Labute approximate surface area is 186 Å². The Morgan fingerprint density at radius 2 is 1.74 bits per heavy atom. The van der Waals surface area contributed by atoms with Gasteiger partial charge in [-0.05, 0) is 57.3 Å². The first-order valence-electron chi connectivity index (χ1n) is 12.4. The molecular formula is C24H40N2O5. The second-order valence-corrected chi connectivity index (χ2v) is 9.76. The molecule has 0 aromatic rings. The Kier molecular flexibility index (Phi) is 8.76. The average molecular weight is 437 g/mol. The minimum atomic E-state index is -0.908. The molecule has 4 unspecified atom stereocenters. The lowest BCUT2D eigenvalue weighted by Gasteiger charge is -2.30. The van der Waals surface area contributed by atoms with E-state index < -0.39 is 24.1 Å². The molecule has 176 valence electrons. The van der Waals surface area contributed by atoms with Gasteiger partial charge >= 0.3 is 11.9 Å². The highest BCUT2D eigenvalue weighted by atomic mass is 16.5. The number of carbonyl (C=O) groups is 3. The zero-order valence-electron chi connectivity index (χ0n) is 19.2. The number of carboxylic acids is 1. The quantitative estimate of drug-likeness (QED) is 0.538. The van der Waals surface area contributed by atoms with Gasteiger partial charge in [0.25, 0.3) is 0 Å². The predicted molar refractivity (Wildman–Crippen MR) is 117 cm³/mol. The largest absolute Gasteiger partial charge is 0.480 e. The second-order valence-electron chi connectivity index (χ2n) is 9.76. The minimum Gasteiger partial charge on any atom is -0.480 e. The summed E-state index contributed by atoms with van der Waals surface area (Å²) in [5.74, 6) is -0.477. The zero-order chi connectivity index (χ0) is 22.4. The third-order valence-corrected chi connectivity index (χ3v) is 7.66. The molecule has 2 N–H and O–H groups in total. The van der Waals surface area contributed by atoms with E-state index in [-0.39, 0.29) is 23.7 Å². The van der Waals surface area contributed by atoms with Gasteiger partial charge in [0.2, 0.25) is 5.91 Å². The Balaban J connectivity index is 1.63. The maximum Gasteiger partial charge on any atom is 0.326 e. The molecule has 3 aliphatic rings. The van der Waals surface area contributed by atoms with Gasteiger partial charge in [-0.15, -0.1) is 0 Å². The van der Waals surface area contributed by atoms with E-state index >= 15 is 0 Å². The van der Waals surface area contributed by atoms with Gasteiger partial charge < -0.3 is 14.7 Å². The SMILES string of the molecule is CCOC(=O)C(CCC1CCCCC1)N[C@@H](C)C(=O)N1CC2CCCCC2C1C(=O)O. The molecule has 1 amide bonds. The molecule has 3 fully saturated rings. The summed E-state index contributed by atoms with van der Waals surface area (Å²) in [5, 5.41) is 13.0. The number of hydrogen-bond acceptors (Lipinski definition) is 5. The number of rotatable bonds is 9.